The van der Waals surface area contributed by atoms with Crippen molar-refractivity contribution in [1.29, 1.82) is 0 Å². The van der Waals surface area contributed by atoms with Gasteiger partial charge in [-0.1, -0.05) is 0 Å². The standard InChI is InChI=1S/C12H12F3NO2/c13-7-4-9(14)11(10(15)5-7)12(18)16-3-1-2-8(17)6-16/h4-5,8,17H,1-3,6H2/t8-/m0/s1. The highest BCUT2D eigenvalue weighted by atomic mass is 19.1. The third kappa shape index (κ3) is 2.48. The highest BCUT2D eigenvalue weighted by Crippen LogP contribution is 2.19. The summed E-state index contributed by atoms with van der Waals surface area (Å²) in [6, 6.07) is 0.938. The lowest BCUT2D eigenvalue weighted by Gasteiger charge is -2.30. The van der Waals surface area contributed by atoms with Crippen molar-refractivity contribution in [2.45, 2.75) is 18.9 Å². The van der Waals surface area contributed by atoms with Crippen molar-refractivity contribution in [3.63, 3.8) is 0 Å². The Kier molecular flexibility index (Phi) is 3.56. The molecule has 1 atom stereocenters. The lowest BCUT2D eigenvalue weighted by molar-refractivity contribution is 0.0465. The van der Waals surface area contributed by atoms with Crippen LogP contribution in [0.1, 0.15) is 23.2 Å². The molecule has 0 saturated carbocycles. The van der Waals surface area contributed by atoms with Crippen LogP contribution in [-0.2, 0) is 0 Å². The second kappa shape index (κ2) is 4.97. The van der Waals surface area contributed by atoms with Crippen LogP contribution in [0.4, 0.5) is 13.2 Å². The first-order valence-corrected chi connectivity index (χ1v) is 5.61. The predicted octanol–water partition coefficient (Wildman–Crippen LogP) is 1.70. The number of β-amino-alcohol motifs (C(OH)–C–C–N with tert-alkyl or cyclic N) is 1. The zero-order valence-corrected chi connectivity index (χ0v) is 9.50. The molecule has 1 fully saturated rings. The van der Waals surface area contributed by atoms with E-state index in [0.717, 1.165) is 0 Å². The highest BCUT2D eigenvalue weighted by molar-refractivity contribution is 5.94. The summed E-state index contributed by atoms with van der Waals surface area (Å²) in [4.78, 5) is 13.1. The van der Waals surface area contributed by atoms with Crippen LogP contribution in [-0.4, -0.2) is 35.1 Å². The number of hydrogen-bond acceptors (Lipinski definition) is 2. The number of likely N-dealkylation sites (tertiary alicyclic amines) is 1. The SMILES string of the molecule is O=C(c1c(F)cc(F)cc1F)N1CCC[C@H](O)C1. The summed E-state index contributed by atoms with van der Waals surface area (Å²) >= 11 is 0. The van der Waals surface area contributed by atoms with Crippen molar-refractivity contribution in [2.24, 2.45) is 0 Å². The molecule has 2 rings (SSSR count). The Hall–Kier alpha value is -1.56. The minimum Gasteiger partial charge on any atom is -0.391 e. The van der Waals surface area contributed by atoms with Crippen LogP contribution in [0.25, 0.3) is 0 Å². The topological polar surface area (TPSA) is 40.5 Å². The molecule has 1 aromatic carbocycles. The van der Waals surface area contributed by atoms with Gasteiger partial charge in [-0.15, -0.1) is 0 Å². The number of aliphatic hydroxyl groups excluding tert-OH is 1. The van der Waals surface area contributed by atoms with E-state index in [0.29, 0.717) is 31.5 Å². The molecule has 0 aromatic heterocycles. The molecule has 0 aliphatic carbocycles. The first-order chi connectivity index (χ1) is 8.49. The molecule has 0 unspecified atom stereocenters. The Morgan fingerprint density at radius 3 is 2.44 bits per heavy atom. The molecule has 98 valence electrons. The molecule has 3 nitrogen and oxygen atoms in total. The van der Waals surface area contributed by atoms with Crippen LogP contribution in [0.5, 0.6) is 0 Å². The number of aliphatic hydroxyl groups is 1. The Balaban J connectivity index is 2.28. The average Bonchev–Trinajstić information content (AvgIpc) is 2.27. The number of hydrogen-bond donors (Lipinski definition) is 1. The Labute approximate surface area is 102 Å². The third-order valence-corrected chi connectivity index (χ3v) is 2.90. The fraction of sp³-hybridized carbons (Fsp3) is 0.417. The Morgan fingerprint density at radius 1 is 1.28 bits per heavy atom. The fourth-order valence-corrected chi connectivity index (χ4v) is 2.04. The number of amides is 1. The fourth-order valence-electron chi connectivity index (χ4n) is 2.04. The number of benzene rings is 1. The van der Waals surface area contributed by atoms with Gasteiger partial charge in [0.1, 0.15) is 23.0 Å². The van der Waals surface area contributed by atoms with Crippen LogP contribution >= 0.6 is 0 Å². The highest BCUT2D eigenvalue weighted by Gasteiger charge is 2.27. The first kappa shape index (κ1) is 12.9. The molecule has 0 radical (unpaired) electrons. The van der Waals surface area contributed by atoms with Gasteiger partial charge in [-0.2, -0.15) is 0 Å². The monoisotopic (exact) mass is 259 g/mol. The van der Waals surface area contributed by atoms with Gasteiger partial charge in [0.05, 0.1) is 6.10 Å². The van der Waals surface area contributed by atoms with Crippen molar-refractivity contribution >= 4 is 5.91 Å². The van der Waals surface area contributed by atoms with E-state index in [2.05, 4.69) is 0 Å². The number of nitrogens with zero attached hydrogens (tertiary/aromatic N) is 1. The van der Waals surface area contributed by atoms with E-state index in [1.807, 2.05) is 0 Å². The van der Waals surface area contributed by atoms with Crippen molar-refractivity contribution < 1.29 is 23.1 Å². The Morgan fingerprint density at radius 2 is 1.89 bits per heavy atom. The normalized spacial score (nSPS) is 20.0. The Bertz CT molecular complexity index is 455. The summed E-state index contributed by atoms with van der Waals surface area (Å²) < 4.78 is 39.6. The lowest BCUT2D eigenvalue weighted by Crippen LogP contribution is -2.42. The lowest BCUT2D eigenvalue weighted by atomic mass is 10.1. The number of carbonyl (C=O) groups is 1. The third-order valence-electron chi connectivity index (χ3n) is 2.90. The molecule has 1 aromatic rings. The molecule has 1 aliphatic rings. The van der Waals surface area contributed by atoms with Crippen molar-refractivity contribution in [1.82, 2.24) is 4.90 Å². The van der Waals surface area contributed by atoms with Gasteiger partial charge in [-0.05, 0) is 12.8 Å². The smallest absolute Gasteiger partial charge is 0.259 e. The van der Waals surface area contributed by atoms with Gasteiger partial charge < -0.3 is 10.0 Å². The van der Waals surface area contributed by atoms with Gasteiger partial charge in [-0.3, -0.25) is 4.79 Å². The summed E-state index contributed by atoms with van der Waals surface area (Å²) in [5, 5.41) is 9.42. The van der Waals surface area contributed by atoms with Gasteiger partial charge in [0.15, 0.2) is 0 Å². The summed E-state index contributed by atoms with van der Waals surface area (Å²) in [5.74, 6) is -4.38. The molecular weight excluding hydrogens is 247 g/mol. The molecular formula is C12H12F3NO2. The molecule has 1 N–H and O–H groups in total. The van der Waals surface area contributed by atoms with Crippen LogP contribution in [0, 0.1) is 17.5 Å². The summed E-state index contributed by atoms with van der Waals surface area (Å²) in [5.41, 5.74) is -0.773. The van der Waals surface area contributed by atoms with Crippen molar-refractivity contribution in [3.05, 3.63) is 35.1 Å². The second-order valence-electron chi connectivity index (χ2n) is 4.29. The summed E-state index contributed by atoms with van der Waals surface area (Å²) in [6.07, 6.45) is 0.435. The molecule has 1 amide bonds. The molecule has 1 heterocycles. The average molecular weight is 259 g/mol. The predicted molar refractivity (Wildman–Crippen MR) is 57.5 cm³/mol. The summed E-state index contributed by atoms with van der Waals surface area (Å²) in [6.45, 7) is 0.362. The van der Waals surface area contributed by atoms with Gasteiger partial charge in [-0.25, -0.2) is 13.2 Å². The molecule has 0 spiro atoms. The van der Waals surface area contributed by atoms with E-state index >= 15 is 0 Å². The second-order valence-corrected chi connectivity index (χ2v) is 4.29. The molecule has 6 heteroatoms. The zero-order chi connectivity index (χ0) is 13.3. The number of piperidine rings is 1. The van der Waals surface area contributed by atoms with Gasteiger partial charge in [0, 0.05) is 25.2 Å². The largest absolute Gasteiger partial charge is 0.391 e. The molecule has 18 heavy (non-hydrogen) atoms. The summed E-state index contributed by atoms with van der Waals surface area (Å²) in [7, 11) is 0. The van der Waals surface area contributed by atoms with Gasteiger partial charge in [0.25, 0.3) is 5.91 Å². The molecule has 1 aliphatic heterocycles. The molecule has 0 bridgehead atoms. The van der Waals surface area contributed by atoms with Crippen LogP contribution in [0.15, 0.2) is 12.1 Å². The van der Waals surface area contributed by atoms with Crippen LogP contribution in [0.3, 0.4) is 0 Å². The number of carbonyl (C=O) groups excluding carboxylic acids is 1. The molecule has 1 saturated heterocycles. The van der Waals surface area contributed by atoms with E-state index in [1.54, 1.807) is 0 Å². The maximum absolute atomic E-state index is 13.4. The quantitative estimate of drug-likeness (QED) is 0.834. The van der Waals surface area contributed by atoms with Crippen LogP contribution in [0.2, 0.25) is 0 Å². The number of rotatable bonds is 1. The maximum Gasteiger partial charge on any atom is 0.259 e. The maximum atomic E-state index is 13.4. The van der Waals surface area contributed by atoms with Crippen molar-refractivity contribution in [3.8, 4) is 0 Å². The van der Waals surface area contributed by atoms with E-state index in [1.165, 1.54) is 4.90 Å². The van der Waals surface area contributed by atoms with E-state index in [4.69, 9.17) is 0 Å². The first-order valence-electron chi connectivity index (χ1n) is 5.61. The van der Waals surface area contributed by atoms with Crippen LogP contribution < -0.4 is 0 Å². The van der Waals surface area contributed by atoms with Gasteiger partial charge in [0.2, 0.25) is 0 Å². The van der Waals surface area contributed by atoms with Gasteiger partial charge >= 0.3 is 0 Å². The minimum absolute atomic E-state index is 0.0368. The van der Waals surface area contributed by atoms with E-state index in [-0.39, 0.29) is 6.54 Å². The minimum atomic E-state index is -1.22. The number of halogens is 3. The van der Waals surface area contributed by atoms with Crippen molar-refractivity contribution in [2.75, 3.05) is 13.1 Å². The zero-order valence-electron chi connectivity index (χ0n) is 9.50. The van der Waals surface area contributed by atoms with E-state index in [9.17, 15) is 23.1 Å². The van der Waals surface area contributed by atoms with E-state index < -0.39 is 35.0 Å².